The van der Waals surface area contributed by atoms with Crippen LogP contribution in [0.2, 0.25) is 0 Å². The SMILES string of the molecule is COc1cccc(N2CCN(C(=O)CC[C@H]3CN(Cc4cccc5ccccc45)CC[C@H]3N3CCOCC3)CC2)c1. The highest BCUT2D eigenvalue weighted by molar-refractivity contribution is 5.85. The third-order valence-corrected chi connectivity index (χ3v) is 9.35. The van der Waals surface area contributed by atoms with E-state index in [4.69, 9.17) is 9.47 Å². The number of anilines is 1. The maximum atomic E-state index is 13.4. The number of ether oxygens (including phenoxy) is 2. The number of benzene rings is 3. The summed E-state index contributed by atoms with van der Waals surface area (Å²) in [7, 11) is 1.70. The van der Waals surface area contributed by atoms with Crippen molar-refractivity contribution in [2.45, 2.75) is 31.8 Å². The molecule has 3 saturated heterocycles. The van der Waals surface area contributed by atoms with E-state index in [9.17, 15) is 4.79 Å². The largest absolute Gasteiger partial charge is 0.497 e. The predicted octanol–water partition coefficient (Wildman–Crippen LogP) is 4.50. The smallest absolute Gasteiger partial charge is 0.222 e. The number of hydrogen-bond acceptors (Lipinski definition) is 6. The molecular formula is C34H44N4O3. The van der Waals surface area contributed by atoms with Crippen molar-refractivity contribution in [1.82, 2.24) is 14.7 Å². The number of carbonyl (C=O) groups excluding carboxylic acids is 1. The normalized spacial score (nSPS) is 22.7. The van der Waals surface area contributed by atoms with Gasteiger partial charge in [0.1, 0.15) is 5.75 Å². The molecule has 7 heteroatoms. The van der Waals surface area contributed by atoms with Gasteiger partial charge in [0.2, 0.25) is 5.91 Å². The molecule has 3 fully saturated rings. The van der Waals surface area contributed by atoms with Crippen LogP contribution in [0, 0.1) is 5.92 Å². The number of carbonyl (C=O) groups is 1. The number of piperazine rings is 1. The molecule has 3 aromatic rings. The van der Waals surface area contributed by atoms with E-state index in [1.165, 1.54) is 22.0 Å². The molecule has 0 aromatic heterocycles. The zero-order valence-corrected chi connectivity index (χ0v) is 24.4. The molecular weight excluding hydrogens is 512 g/mol. The molecule has 0 bridgehead atoms. The van der Waals surface area contributed by atoms with E-state index in [-0.39, 0.29) is 0 Å². The fourth-order valence-corrected chi connectivity index (χ4v) is 7.07. The molecule has 0 N–H and O–H groups in total. The Hall–Kier alpha value is -3.13. The molecule has 41 heavy (non-hydrogen) atoms. The van der Waals surface area contributed by atoms with Crippen molar-refractivity contribution < 1.29 is 14.3 Å². The Morgan fingerprint density at radius 3 is 2.51 bits per heavy atom. The van der Waals surface area contributed by atoms with Gasteiger partial charge < -0.3 is 19.3 Å². The van der Waals surface area contributed by atoms with Crippen LogP contribution in [0.25, 0.3) is 10.8 Å². The molecule has 0 unspecified atom stereocenters. The van der Waals surface area contributed by atoms with Gasteiger partial charge in [-0.3, -0.25) is 14.6 Å². The first-order chi connectivity index (χ1) is 20.2. The third-order valence-electron chi connectivity index (χ3n) is 9.35. The Morgan fingerprint density at radius 2 is 1.68 bits per heavy atom. The number of likely N-dealkylation sites (tertiary alicyclic amines) is 1. The van der Waals surface area contributed by atoms with E-state index in [0.717, 1.165) is 90.7 Å². The summed E-state index contributed by atoms with van der Waals surface area (Å²) in [6.45, 7) is 10.0. The number of rotatable bonds is 8. The maximum absolute atomic E-state index is 13.4. The van der Waals surface area contributed by atoms with Gasteiger partial charge in [0.25, 0.3) is 0 Å². The van der Waals surface area contributed by atoms with Gasteiger partial charge in [-0.15, -0.1) is 0 Å². The lowest BCUT2D eigenvalue weighted by Crippen LogP contribution is -2.54. The standard InChI is InChI=1S/C34H44N4O3/c1-40-31-10-5-9-30(24-31)36-16-18-38(19-17-36)34(39)13-12-29-26-35(15-14-33(29)37-20-22-41-23-21-37)25-28-8-4-7-27-6-2-3-11-32(27)28/h2-11,24,29,33H,12-23,25-26H2,1H3/t29-,33+/m0/s1. The quantitative estimate of drug-likeness (QED) is 0.407. The summed E-state index contributed by atoms with van der Waals surface area (Å²) in [4.78, 5) is 23.1. The van der Waals surface area contributed by atoms with Crippen molar-refractivity contribution in [2.75, 3.05) is 77.6 Å². The summed E-state index contributed by atoms with van der Waals surface area (Å²) in [5, 5.41) is 2.66. The highest BCUT2D eigenvalue weighted by Crippen LogP contribution is 2.30. The number of fused-ring (bicyclic) bond motifs is 1. The van der Waals surface area contributed by atoms with E-state index in [1.54, 1.807) is 7.11 Å². The zero-order chi connectivity index (χ0) is 28.0. The van der Waals surface area contributed by atoms with Crippen LogP contribution < -0.4 is 9.64 Å². The number of amides is 1. The van der Waals surface area contributed by atoms with Crippen LogP contribution in [0.4, 0.5) is 5.69 Å². The van der Waals surface area contributed by atoms with Gasteiger partial charge in [0.05, 0.1) is 20.3 Å². The highest BCUT2D eigenvalue weighted by atomic mass is 16.5. The molecule has 1 amide bonds. The van der Waals surface area contributed by atoms with Crippen LogP contribution in [0.5, 0.6) is 5.75 Å². The summed E-state index contributed by atoms with van der Waals surface area (Å²) < 4.78 is 11.1. The van der Waals surface area contributed by atoms with Crippen LogP contribution in [0.15, 0.2) is 66.7 Å². The first-order valence-electron chi connectivity index (χ1n) is 15.4. The minimum absolute atomic E-state index is 0.308. The van der Waals surface area contributed by atoms with Crippen molar-refractivity contribution in [3.8, 4) is 5.75 Å². The summed E-state index contributed by atoms with van der Waals surface area (Å²) in [6, 6.07) is 24.1. The van der Waals surface area contributed by atoms with E-state index < -0.39 is 0 Å². The van der Waals surface area contributed by atoms with Gasteiger partial charge in [0, 0.05) is 76.6 Å². The molecule has 0 spiro atoms. The van der Waals surface area contributed by atoms with Crippen molar-refractivity contribution in [2.24, 2.45) is 5.92 Å². The predicted molar refractivity (Wildman–Crippen MR) is 165 cm³/mol. The molecule has 218 valence electrons. The lowest BCUT2D eigenvalue weighted by molar-refractivity contribution is -0.132. The molecule has 3 heterocycles. The minimum Gasteiger partial charge on any atom is -0.497 e. The summed E-state index contributed by atoms with van der Waals surface area (Å²) in [5.74, 6) is 1.67. The molecule has 7 nitrogen and oxygen atoms in total. The highest BCUT2D eigenvalue weighted by Gasteiger charge is 2.35. The van der Waals surface area contributed by atoms with Gasteiger partial charge in [-0.2, -0.15) is 0 Å². The van der Waals surface area contributed by atoms with E-state index in [0.29, 0.717) is 24.3 Å². The Balaban J connectivity index is 1.07. The zero-order valence-electron chi connectivity index (χ0n) is 24.4. The summed E-state index contributed by atoms with van der Waals surface area (Å²) in [5.41, 5.74) is 2.56. The van der Waals surface area contributed by atoms with Crippen LogP contribution in [0.1, 0.15) is 24.8 Å². The average molecular weight is 557 g/mol. The van der Waals surface area contributed by atoms with Crippen molar-refractivity contribution in [3.05, 3.63) is 72.3 Å². The molecule has 2 atom stereocenters. The topological polar surface area (TPSA) is 48.5 Å². The second-order valence-corrected chi connectivity index (χ2v) is 11.7. The lowest BCUT2D eigenvalue weighted by Gasteiger charge is -2.45. The molecule has 0 radical (unpaired) electrons. The van der Waals surface area contributed by atoms with Gasteiger partial charge in [-0.05, 0) is 53.8 Å². The van der Waals surface area contributed by atoms with E-state index >= 15 is 0 Å². The van der Waals surface area contributed by atoms with Crippen LogP contribution in [0.3, 0.4) is 0 Å². The van der Waals surface area contributed by atoms with Crippen LogP contribution >= 0.6 is 0 Å². The van der Waals surface area contributed by atoms with Gasteiger partial charge >= 0.3 is 0 Å². The Kier molecular flexibility index (Phi) is 9.04. The number of methoxy groups -OCH3 is 1. The Labute approximate surface area is 244 Å². The van der Waals surface area contributed by atoms with Crippen molar-refractivity contribution in [1.29, 1.82) is 0 Å². The summed E-state index contributed by atoms with van der Waals surface area (Å²) in [6.07, 6.45) is 2.73. The third kappa shape index (κ3) is 6.69. The molecule has 0 saturated carbocycles. The minimum atomic E-state index is 0.308. The second kappa shape index (κ2) is 13.2. The van der Waals surface area contributed by atoms with Crippen molar-refractivity contribution >= 4 is 22.4 Å². The number of hydrogen-bond donors (Lipinski definition) is 0. The number of nitrogens with zero attached hydrogens (tertiary/aromatic N) is 4. The fraction of sp³-hybridized carbons (Fsp3) is 0.500. The Bertz CT molecular complexity index is 1300. The Morgan fingerprint density at radius 1 is 0.902 bits per heavy atom. The molecule has 3 aromatic carbocycles. The van der Waals surface area contributed by atoms with Gasteiger partial charge in [0.15, 0.2) is 0 Å². The molecule has 6 rings (SSSR count). The molecule has 3 aliphatic rings. The monoisotopic (exact) mass is 556 g/mol. The maximum Gasteiger partial charge on any atom is 0.222 e. The average Bonchev–Trinajstić information content (AvgIpc) is 3.04. The van der Waals surface area contributed by atoms with Gasteiger partial charge in [-0.25, -0.2) is 0 Å². The summed E-state index contributed by atoms with van der Waals surface area (Å²) >= 11 is 0. The van der Waals surface area contributed by atoms with E-state index in [1.807, 2.05) is 12.1 Å². The fourth-order valence-electron chi connectivity index (χ4n) is 7.07. The lowest BCUT2D eigenvalue weighted by atomic mass is 9.86. The first kappa shape index (κ1) is 28.0. The number of piperidine rings is 1. The van der Waals surface area contributed by atoms with Crippen LogP contribution in [-0.4, -0.2) is 99.3 Å². The second-order valence-electron chi connectivity index (χ2n) is 11.7. The number of morpholine rings is 1. The van der Waals surface area contributed by atoms with E-state index in [2.05, 4.69) is 74.2 Å². The van der Waals surface area contributed by atoms with Gasteiger partial charge in [-0.1, -0.05) is 48.5 Å². The first-order valence-corrected chi connectivity index (χ1v) is 15.4. The molecule has 0 aliphatic carbocycles. The van der Waals surface area contributed by atoms with Crippen LogP contribution in [-0.2, 0) is 16.1 Å². The van der Waals surface area contributed by atoms with Crippen molar-refractivity contribution in [3.63, 3.8) is 0 Å². The molecule has 3 aliphatic heterocycles.